The van der Waals surface area contributed by atoms with Crippen molar-refractivity contribution in [3.63, 3.8) is 0 Å². The van der Waals surface area contributed by atoms with Crippen LogP contribution in [0.2, 0.25) is 0 Å². The molecule has 2 aromatic rings. The molecular weight excluding hydrogens is 286 g/mol. The van der Waals surface area contributed by atoms with E-state index in [0.717, 1.165) is 23.3 Å². The predicted molar refractivity (Wildman–Crippen MR) is 85.9 cm³/mol. The highest BCUT2D eigenvalue weighted by molar-refractivity contribution is 7.15. The van der Waals surface area contributed by atoms with Gasteiger partial charge in [-0.25, -0.2) is 4.79 Å². The quantitative estimate of drug-likeness (QED) is 0.820. The van der Waals surface area contributed by atoms with Crippen LogP contribution in [-0.2, 0) is 4.74 Å². The summed E-state index contributed by atoms with van der Waals surface area (Å²) in [6.07, 6.45) is 0.778. The van der Waals surface area contributed by atoms with Gasteiger partial charge in [0.25, 0.3) is 0 Å². The first-order valence-corrected chi connectivity index (χ1v) is 7.83. The number of ether oxygens (including phenoxy) is 2. The molecule has 2 N–H and O–H groups in total. The van der Waals surface area contributed by atoms with Gasteiger partial charge in [-0.3, -0.25) is 0 Å². The van der Waals surface area contributed by atoms with Gasteiger partial charge in [0.1, 0.15) is 16.3 Å². The van der Waals surface area contributed by atoms with Crippen molar-refractivity contribution < 1.29 is 14.3 Å². The SMILES string of the molecule is CCCOC(=O)c1c(-c2ccccc2OCC)csc1N. The van der Waals surface area contributed by atoms with E-state index in [-0.39, 0.29) is 5.97 Å². The molecule has 0 atom stereocenters. The van der Waals surface area contributed by atoms with Gasteiger partial charge >= 0.3 is 5.97 Å². The van der Waals surface area contributed by atoms with Crippen molar-refractivity contribution in [2.45, 2.75) is 20.3 Å². The number of rotatable bonds is 6. The molecule has 0 aliphatic heterocycles. The third kappa shape index (κ3) is 3.36. The molecule has 0 amide bonds. The van der Waals surface area contributed by atoms with Crippen molar-refractivity contribution in [1.82, 2.24) is 0 Å². The zero-order chi connectivity index (χ0) is 15.2. The lowest BCUT2D eigenvalue weighted by atomic mass is 10.0. The molecule has 1 aromatic carbocycles. The van der Waals surface area contributed by atoms with E-state index in [1.807, 2.05) is 43.5 Å². The smallest absolute Gasteiger partial charge is 0.341 e. The fourth-order valence-electron chi connectivity index (χ4n) is 2.02. The second kappa shape index (κ2) is 7.13. The normalized spacial score (nSPS) is 10.4. The van der Waals surface area contributed by atoms with Crippen LogP contribution in [0, 0.1) is 0 Å². The lowest BCUT2D eigenvalue weighted by Crippen LogP contribution is -2.08. The summed E-state index contributed by atoms with van der Waals surface area (Å²) in [5.74, 6) is 0.360. The average molecular weight is 305 g/mol. The van der Waals surface area contributed by atoms with Crippen molar-refractivity contribution in [3.8, 4) is 16.9 Å². The van der Waals surface area contributed by atoms with Crippen LogP contribution in [0.3, 0.4) is 0 Å². The minimum Gasteiger partial charge on any atom is -0.493 e. The number of carbonyl (C=O) groups is 1. The van der Waals surface area contributed by atoms with Crippen molar-refractivity contribution in [1.29, 1.82) is 0 Å². The van der Waals surface area contributed by atoms with E-state index < -0.39 is 0 Å². The number of hydrogen-bond donors (Lipinski definition) is 1. The van der Waals surface area contributed by atoms with Gasteiger partial charge in [0, 0.05) is 16.5 Å². The fourth-order valence-corrected chi connectivity index (χ4v) is 2.82. The number of nitrogens with two attached hydrogens (primary N) is 1. The highest BCUT2D eigenvalue weighted by atomic mass is 32.1. The third-order valence-corrected chi connectivity index (χ3v) is 3.75. The van der Waals surface area contributed by atoms with Gasteiger partial charge in [0.2, 0.25) is 0 Å². The van der Waals surface area contributed by atoms with E-state index >= 15 is 0 Å². The van der Waals surface area contributed by atoms with Crippen LogP contribution in [0.15, 0.2) is 29.6 Å². The summed E-state index contributed by atoms with van der Waals surface area (Å²) in [6.45, 7) is 4.83. The average Bonchev–Trinajstić information content (AvgIpc) is 2.87. The van der Waals surface area contributed by atoms with Crippen LogP contribution in [0.25, 0.3) is 11.1 Å². The molecule has 4 nitrogen and oxygen atoms in total. The van der Waals surface area contributed by atoms with Crippen LogP contribution in [0.1, 0.15) is 30.6 Å². The van der Waals surface area contributed by atoms with Crippen LogP contribution in [0.4, 0.5) is 5.00 Å². The largest absolute Gasteiger partial charge is 0.493 e. The highest BCUT2D eigenvalue weighted by Gasteiger charge is 2.21. The molecule has 21 heavy (non-hydrogen) atoms. The maximum absolute atomic E-state index is 12.2. The Morgan fingerprint density at radius 1 is 1.24 bits per heavy atom. The number of esters is 1. The molecule has 0 aliphatic rings. The molecule has 1 aromatic heterocycles. The Morgan fingerprint density at radius 2 is 2.00 bits per heavy atom. The van der Waals surface area contributed by atoms with E-state index in [9.17, 15) is 4.79 Å². The zero-order valence-corrected chi connectivity index (χ0v) is 13.0. The molecule has 5 heteroatoms. The van der Waals surface area contributed by atoms with Crippen LogP contribution in [0.5, 0.6) is 5.75 Å². The topological polar surface area (TPSA) is 61.5 Å². The number of hydrogen-bond acceptors (Lipinski definition) is 5. The second-order valence-electron chi connectivity index (χ2n) is 4.45. The zero-order valence-electron chi connectivity index (χ0n) is 12.2. The molecule has 0 saturated carbocycles. The van der Waals surface area contributed by atoms with Gasteiger partial charge in [0.15, 0.2) is 0 Å². The van der Waals surface area contributed by atoms with Crippen LogP contribution in [-0.4, -0.2) is 19.2 Å². The predicted octanol–water partition coefficient (Wildman–Crippen LogP) is 3.96. The molecule has 0 aliphatic carbocycles. The van der Waals surface area contributed by atoms with Gasteiger partial charge < -0.3 is 15.2 Å². The van der Waals surface area contributed by atoms with Gasteiger partial charge in [-0.05, 0) is 19.4 Å². The maximum atomic E-state index is 12.2. The Balaban J connectivity index is 2.43. The number of para-hydroxylation sites is 1. The summed E-state index contributed by atoms with van der Waals surface area (Å²) < 4.78 is 10.9. The molecule has 0 bridgehead atoms. The Hall–Kier alpha value is -2.01. The third-order valence-electron chi connectivity index (χ3n) is 2.94. The van der Waals surface area contributed by atoms with Gasteiger partial charge in [-0.1, -0.05) is 25.1 Å². The molecule has 0 fully saturated rings. The first-order valence-electron chi connectivity index (χ1n) is 6.95. The van der Waals surface area contributed by atoms with E-state index in [4.69, 9.17) is 15.2 Å². The standard InChI is InChI=1S/C16H19NO3S/c1-3-9-20-16(18)14-12(10-21-15(14)17)11-7-5-6-8-13(11)19-4-2/h5-8,10H,3-4,9,17H2,1-2H3. The Bertz CT molecular complexity index is 622. The summed E-state index contributed by atoms with van der Waals surface area (Å²) in [6, 6.07) is 7.61. The van der Waals surface area contributed by atoms with Gasteiger partial charge in [-0.2, -0.15) is 0 Å². The Morgan fingerprint density at radius 3 is 2.71 bits per heavy atom. The summed E-state index contributed by atoms with van der Waals surface area (Å²) in [5.41, 5.74) is 8.01. The minimum absolute atomic E-state index is 0.378. The van der Waals surface area contributed by atoms with Crippen molar-refractivity contribution in [3.05, 3.63) is 35.2 Å². The summed E-state index contributed by atoms with van der Waals surface area (Å²) in [7, 11) is 0. The molecule has 0 spiro atoms. The molecular formula is C16H19NO3S. The maximum Gasteiger partial charge on any atom is 0.341 e. The number of anilines is 1. The van der Waals surface area contributed by atoms with Crippen LogP contribution < -0.4 is 10.5 Å². The van der Waals surface area contributed by atoms with Crippen molar-refractivity contribution in [2.24, 2.45) is 0 Å². The van der Waals surface area contributed by atoms with E-state index in [1.54, 1.807) is 0 Å². The molecule has 2 rings (SSSR count). The Kier molecular flexibility index (Phi) is 5.22. The molecule has 112 valence electrons. The first-order chi connectivity index (χ1) is 10.2. The summed E-state index contributed by atoms with van der Waals surface area (Å²) in [4.78, 5) is 12.2. The second-order valence-corrected chi connectivity index (χ2v) is 5.36. The number of nitrogen functional groups attached to an aromatic ring is 1. The number of benzene rings is 1. The van der Waals surface area contributed by atoms with E-state index in [0.29, 0.717) is 23.8 Å². The lowest BCUT2D eigenvalue weighted by Gasteiger charge is -2.11. The van der Waals surface area contributed by atoms with E-state index in [2.05, 4.69) is 0 Å². The number of carbonyl (C=O) groups excluding carboxylic acids is 1. The molecule has 0 unspecified atom stereocenters. The molecule has 0 saturated heterocycles. The number of thiophene rings is 1. The first kappa shape index (κ1) is 15.4. The fraction of sp³-hybridized carbons (Fsp3) is 0.312. The summed E-state index contributed by atoms with van der Waals surface area (Å²) in [5, 5.41) is 2.34. The lowest BCUT2D eigenvalue weighted by molar-refractivity contribution is 0.0508. The minimum atomic E-state index is -0.378. The summed E-state index contributed by atoms with van der Waals surface area (Å²) >= 11 is 1.34. The van der Waals surface area contributed by atoms with Gasteiger partial charge in [0.05, 0.1) is 13.2 Å². The molecule has 0 radical (unpaired) electrons. The highest BCUT2D eigenvalue weighted by Crippen LogP contribution is 2.38. The van der Waals surface area contributed by atoms with Gasteiger partial charge in [-0.15, -0.1) is 11.3 Å². The Labute approximate surface area is 128 Å². The van der Waals surface area contributed by atoms with Crippen molar-refractivity contribution >= 4 is 22.3 Å². The van der Waals surface area contributed by atoms with Crippen LogP contribution >= 0.6 is 11.3 Å². The molecule has 1 heterocycles. The van der Waals surface area contributed by atoms with Crippen molar-refractivity contribution in [2.75, 3.05) is 18.9 Å². The van der Waals surface area contributed by atoms with E-state index in [1.165, 1.54) is 11.3 Å². The monoisotopic (exact) mass is 305 g/mol.